The van der Waals surface area contributed by atoms with Crippen molar-refractivity contribution in [2.75, 3.05) is 26.2 Å². The Bertz CT molecular complexity index is 134. The molecule has 0 bridgehead atoms. The highest BCUT2D eigenvalue weighted by molar-refractivity contribution is 5.76. The molecule has 0 radical (unpaired) electrons. The van der Waals surface area contributed by atoms with Crippen molar-refractivity contribution in [2.24, 2.45) is 11.7 Å². The Labute approximate surface area is 66.5 Å². The summed E-state index contributed by atoms with van der Waals surface area (Å²) in [6, 6.07) is 0. The quantitative estimate of drug-likeness (QED) is 0.473. The summed E-state index contributed by atoms with van der Waals surface area (Å²) < 4.78 is 0. The zero-order chi connectivity index (χ0) is 8.10. The van der Waals surface area contributed by atoms with Crippen molar-refractivity contribution in [1.82, 2.24) is 10.6 Å². The van der Waals surface area contributed by atoms with E-state index >= 15 is 0 Å². The van der Waals surface area contributed by atoms with Gasteiger partial charge in [-0.1, -0.05) is 0 Å². The number of carbonyl (C=O) groups excluding carboxylic acids is 1. The molecular formula is C7H15N3O. The van der Waals surface area contributed by atoms with Crippen molar-refractivity contribution in [3.05, 3.63) is 0 Å². The molecule has 1 fully saturated rings. The first kappa shape index (κ1) is 8.49. The summed E-state index contributed by atoms with van der Waals surface area (Å²) in [5, 5.41) is 5.86. The average Bonchev–Trinajstić information content (AvgIpc) is 1.93. The lowest BCUT2D eigenvalue weighted by atomic mass is 9.99. The minimum Gasteiger partial charge on any atom is -0.355 e. The van der Waals surface area contributed by atoms with E-state index in [0.717, 1.165) is 13.1 Å². The smallest absolute Gasteiger partial charge is 0.220 e. The van der Waals surface area contributed by atoms with Crippen LogP contribution in [0.15, 0.2) is 0 Å². The van der Waals surface area contributed by atoms with Gasteiger partial charge in [-0.3, -0.25) is 4.79 Å². The molecule has 1 saturated heterocycles. The summed E-state index contributed by atoms with van der Waals surface area (Å²) >= 11 is 0. The van der Waals surface area contributed by atoms with E-state index in [2.05, 4.69) is 10.6 Å². The fourth-order valence-corrected chi connectivity index (χ4v) is 1.04. The SMILES string of the molecule is NCCNC(=O)CC1CNC1. The average molecular weight is 157 g/mol. The molecule has 4 heteroatoms. The van der Waals surface area contributed by atoms with E-state index in [9.17, 15) is 4.79 Å². The fraction of sp³-hybridized carbons (Fsp3) is 0.857. The Balaban J connectivity index is 2.00. The van der Waals surface area contributed by atoms with Gasteiger partial charge in [-0.15, -0.1) is 0 Å². The van der Waals surface area contributed by atoms with Gasteiger partial charge in [0.15, 0.2) is 0 Å². The molecule has 0 aromatic carbocycles. The second-order valence-electron chi connectivity index (χ2n) is 2.87. The number of hydrogen-bond donors (Lipinski definition) is 3. The number of amides is 1. The van der Waals surface area contributed by atoms with Crippen LogP contribution in [0.25, 0.3) is 0 Å². The Morgan fingerprint density at radius 1 is 1.64 bits per heavy atom. The largest absolute Gasteiger partial charge is 0.355 e. The van der Waals surface area contributed by atoms with Crippen LogP contribution in [0.4, 0.5) is 0 Å². The summed E-state index contributed by atoms with van der Waals surface area (Å²) in [7, 11) is 0. The normalized spacial score (nSPS) is 17.5. The molecule has 11 heavy (non-hydrogen) atoms. The van der Waals surface area contributed by atoms with Gasteiger partial charge < -0.3 is 16.4 Å². The van der Waals surface area contributed by atoms with E-state index < -0.39 is 0 Å². The third kappa shape index (κ3) is 2.86. The van der Waals surface area contributed by atoms with Crippen LogP contribution < -0.4 is 16.4 Å². The number of nitrogens with two attached hydrogens (primary N) is 1. The summed E-state index contributed by atoms with van der Waals surface area (Å²) in [6.45, 7) is 3.08. The molecule has 1 aliphatic rings. The fourth-order valence-electron chi connectivity index (χ4n) is 1.04. The summed E-state index contributed by atoms with van der Waals surface area (Å²) in [5.74, 6) is 0.676. The molecule has 0 spiro atoms. The van der Waals surface area contributed by atoms with Gasteiger partial charge in [-0.25, -0.2) is 0 Å². The monoisotopic (exact) mass is 157 g/mol. The lowest BCUT2D eigenvalue weighted by Gasteiger charge is -2.26. The maximum absolute atomic E-state index is 11.0. The van der Waals surface area contributed by atoms with Crippen LogP contribution >= 0.6 is 0 Å². The maximum Gasteiger partial charge on any atom is 0.220 e. The van der Waals surface area contributed by atoms with Crippen molar-refractivity contribution in [3.63, 3.8) is 0 Å². The molecule has 1 aliphatic heterocycles. The van der Waals surface area contributed by atoms with E-state index in [1.807, 2.05) is 0 Å². The van der Waals surface area contributed by atoms with Crippen molar-refractivity contribution in [1.29, 1.82) is 0 Å². The molecule has 1 heterocycles. The second kappa shape index (κ2) is 4.31. The zero-order valence-electron chi connectivity index (χ0n) is 6.60. The van der Waals surface area contributed by atoms with Gasteiger partial charge in [0.25, 0.3) is 0 Å². The molecular weight excluding hydrogens is 142 g/mol. The summed E-state index contributed by atoms with van der Waals surface area (Å²) in [6.07, 6.45) is 0.646. The van der Waals surface area contributed by atoms with E-state index in [-0.39, 0.29) is 5.91 Å². The molecule has 4 nitrogen and oxygen atoms in total. The highest BCUT2D eigenvalue weighted by atomic mass is 16.1. The first-order valence-electron chi connectivity index (χ1n) is 4.00. The van der Waals surface area contributed by atoms with Crippen LogP contribution in [0.5, 0.6) is 0 Å². The molecule has 0 unspecified atom stereocenters. The minimum absolute atomic E-state index is 0.127. The second-order valence-corrected chi connectivity index (χ2v) is 2.87. The van der Waals surface area contributed by atoms with Crippen LogP contribution in [0.2, 0.25) is 0 Å². The van der Waals surface area contributed by atoms with Crippen molar-refractivity contribution < 1.29 is 4.79 Å². The molecule has 0 atom stereocenters. The number of carbonyl (C=O) groups is 1. The van der Waals surface area contributed by atoms with Crippen molar-refractivity contribution in [3.8, 4) is 0 Å². The van der Waals surface area contributed by atoms with Crippen LogP contribution in [-0.4, -0.2) is 32.1 Å². The molecule has 1 amide bonds. The van der Waals surface area contributed by atoms with Crippen molar-refractivity contribution >= 4 is 5.91 Å². The van der Waals surface area contributed by atoms with Gasteiger partial charge in [-0.2, -0.15) is 0 Å². The Kier molecular flexibility index (Phi) is 3.32. The predicted octanol–water partition coefficient (Wildman–Crippen LogP) is -1.33. The maximum atomic E-state index is 11.0. The Morgan fingerprint density at radius 3 is 2.82 bits per heavy atom. The first-order valence-corrected chi connectivity index (χ1v) is 4.00. The molecule has 0 aliphatic carbocycles. The Morgan fingerprint density at radius 2 is 2.36 bits per heavy atom. The minimum atomic E-state index is 0.127. The number of nitrogens with one attached hydrogen (secondary N) is 2. The first-order chi connectivity index (χ1) is 5.33. The zero-order valence-corrected chi connectivity index (χ0v) is 6.60. The highest BCUT2D eigenvalue weighted by Crippen LogP contribution is 2.06. The molecule has 64 valence electrons. The highest BCUT2D eigenvalue weighted by Gasteiger charge is 2.19. The molecule has 0 saturated carbocycles. The van der Waals surface area contributed by atoms with Gasteiger partial charge in [0.05, 0.1) is 0 Å². The topological polar surface area (TPSA) is 67.1 Å². The van der Waals surface area contributed by atoms with Crippen LogP contribution in [0.1, 0.15) is 6.42 Å². The lowest BCUT2D eigenvalue weighted by molar-refractivity contribution is -0.122. The van der Waals surface area contributed by atoms with Gasteiger partial charge in [0, 0.05) is 19.5 Å². The predicted molar refractivity (Wildman–Crippen MR) is 43.0 cm³/mol. The van der Waals surface area contributed by atoms with Crippen LogP contribution in [-0.2, 0) is 4.79 Å². The molecule has 0 aromatic heterocycles. The van der Waals surface area contributed by atoms with Gasteiger partial charge in [0.2, 0.25) is 5.91 Å². The number of hydrogen-bond acceptors (Lipinski definition) is 3. The third-order valence-electron chi connectivity index (χ3n) is 1.81. The van der Waals surface area contributed by atoms with Crippen LogP contribution in [0, 0.1) is 5.92 Å². The summed E-state index contributed by atoms with van der Waals surface area (Å²) in [5.41, 5.74) is 5.23. The molecule has 4 N–H and O–H groups in total. The van der Waals surface area contributed by atoms with E-state index in [0.29, 0.717) is 25.4 Å². The molecule has 1 rings (SSSR count). The summed E-state index contributed by atoms with van der Waals surface area (Å²) in [4.78, 5) is 11.0. The standard InChI is InChI=1S/C7H15N3O/c8-1-2-10-7(11)3-6-4-9-5-6/h6,9H,1-5,8H2,(H,10,11). The van der Waals surface area contributed by atoms with E-state index in [1.54, 1.807) is 0 Å². The lowest BCUT2D eigenvalue weighted by Crippen LogP contribution is -2.44. The Hall–Kier alpha value is -0.610. The van der Waals surface area contributed by atoms with Crippen LogP contribution in [0.3, 0.4) is 0 Å². The van der Waals surface area contributed by atoms with Crippen molar-refractivity contribution in [2.45, 2.75) is 6.42 Å². The van der Waals surface area contributed by atoms with E-state index in [1.165, 1.54) is 0 Å². The van der Waals surface area contributed by atoms with Gasteiger partial charge in [0.1, 0.15) is 0 Å². The number of rotatable bonds is 4. The van der Waals surface area contributed by atoms with Gasteiger partial charge >= 0.3 is 0 Å². The third-order valence-corrected chi connectivity index (χ3v) is 1.81. The van der Waals surface area contributed by atoms with E-state index in [4.69, 9.17) is 5.73 Å². The molecule has 0 aromatic rings. The van der Waals surface area contributed by atoms with Gasteiger partial charge in [-0.05, 0) is 19.0 Å².